The number of rotatable bonds is 7. The second-order valence-electron chi connectivity index (χ2n) is 5.60. The van der Waals surface area contributed by atoms with Crippen LogP contribution in [0.3, 0.4) is 0 Å². The molecule has 0 aliphatic heterocycles. The monoisotopic (exact) mass is 323 g/mol. The van der Waals surface area contributed by atoms with Gasteiger partial charge in [-0.3, -0.25) is 4.79 Å². The first-order valence-corrected chi connectivity index (χ1v) is 8.16. The summed E-state index contributed by atoms with van der Waals surface area (Å²) < 4.78 is 9.09. The molecular formula is C19H21N3O2. The van der Waals surface area contributed by atoms with E-state index < -0.39 is 0 Å². The molecular weight excluding hydrogens is 302 g/mol. The second-order valence-corrected chi connectivity index (χ2v) is 5.60. The fourth-order valence-corrected chi connectivity index (χ4v) is 2.57. The number of benzene rings is 1. The third-order valence-electron chi connectivity index (χ3n) is 3.85. The fourth-order valence-electron chi connectivity index (χ4n) is 2.57. The van der Waals surface area contributed by atoms with Gasteiger partial charge in [0.25, 0.3) is 5.56 Å². The van der Waals surface area contributed by atoms with Crippen molar-refractivity contribution < 1.29 is 4.74 Å². The van der Waals surface area contributed by atoms with Crippen LogP contribution in [0.25, 0.3) is 16.8 Å². The van der Waals surface area contributed by atoms with Gasteiger partial charge in [0.05, 0.1) is 12.3 Å². The first-order chi connectivity index (χ1) is 11.7. The van der Waals surface area contributed by atoms with Crippen molar-refractivity contribution in [1.29, 1.82) is 0 Å². The van der Waals surface area contributed by atoms with Crippen LogP contribution < -0.4 is 10.3 Å². The van der Waals surface area contributed by atoms with Gasteiger partial charge in [-0.1, -0.05) is 31.6 Å². The van der Waals surface area contributed by atoms with Crippen molar-refractivity contribution in [1.82, 2.24) is 14.2 Å². The Balaban J connectivity index is 2.02. The molecule has 2 aromatic heterocycles. The summed E-state index contributed by atoms with van der Waals surface area (Å²) in [4.78, 5) is 12.5. The fraction of sp³-hybridized carbons (Fsp3) is 0.263. The molecule has 0 aliphatic rings. The SMILES string of the molecule is C=CCn1ccn2nc(-c3ccccc3OCCCC)cc2c1=O. The highest BCUT2D eigenvalue weighted by Crippen LogP contribution is 2.29. The van der Waals surface area contributed by atoms with Crippen molar-refractivity contribution in [3.05, 3.63) is 65.7 Å². The van der Waals surface area contributed by atoms with E-state index in [0.29, 0.717) is 18.7 Å². The Hall–Kier alpha value is -2.82. The van der Waals surface area contributed by atoms with E-state index in [2.05, 4.69) is 18.6 Å². The molecule has 24 heavy (non-hydrogen) atoms. The molecule has 0 unspecified atom stereocenters. The predicted octanol–water partition coefficient (Wildman–Crippen LogP) is 3.53. The van der Waals surface area contributed by atoms with Crippen LogP contribution in [0.5, 0.6) is 5.75 Å². The smallest absolute Gasteiger partial charge is 0.276 e. The van der Waals surface area contributed by atoms with Crippen LogP contribution in [0.4, 0.5) is 0 Å². The van der Waals surface area contributed by atoms with E-state index in [0.717, 1.165) is 29.8 Å². The number of nitrogens with zero attached hydrogens (tertiary/aromatic N) is 3. The summed E-state index contributed by atoms with van der Waals surface area (Å²) in [5, 5.41) is 4.53. The Kier molecular flexibility index (Phi) is 4.79. The lowest BCUT2D eigenvalue weighted by molar-refractivity contribution is 0.310. The van der Waals surface area contributed by atoms with Crippen LogP contribution in [0.2, 0.25) is 0 Å². The summed E-state index contributed by atoms with van der Waals surface area (Å²) in [7, 11) is 0. The minimum atomic E-state index is -0.0828. The van der Waals surface area contributed by atoms with Crippen LogP contribution >= 0.6 is 0 Å². The number of ether oxygens (including phenoxy) is 1. The number of hydrogen-bond acceptors (Lipinski definition) is 3. The predicted molar refractivity (Wildman–Crippen MR) is 95.5 cm³/mol. The van der Waals surface area contributed by atoms with Crippen molar-refractivity contribution in [2.45, 2.75) is 26.3 Å². The van der Waals surface area contributed by atoms with E-state index in [9.17, 15) is 4.79 Å². The molecule has 0 aliphatic carbocycles. The molecule has 0 spiro atoms. The zero-order valence-corrected chi connectivity index (χ0v) is 13.8. The van der Waals surface area contributed by atoms with Crippen molar-refractivity contribution in [2.75, 3.05) is 6.61 Å². The van der Waals surface area contributed by atoms with E-state index in [1.165, 1.54) is 0 Å². The molecule has 1 aromatic carbocycles. The molecule has 3 rings (SSSR count). The maximum atomic E-state index is 12.5. The third-order valence-corrected chi connectivity index (χ3v) is 3.85. The van der Waals surface area contributed by atoms with Gasteiger partial charge in [-0.2, -0.15) is 5.10 Å². The lowest BCUT2D eigenvalue weighted by Gasteiger charge is -2.09. The van der Waals surface area contributed by atoms with Crippen LogP contribution in [0.1, 0.15) is 19.8 Å². The molecule has 0 bridgehead atoms. The van der Waals surface area contributed by atoms with Crippen LogP contribution in [0.15, 0.2) is 60.2 Å². The van der Waals surface area contributed by atoms with Gasteiger partial charge >= 0.3 is 0 Å². The van der Waals surface area contributed by atoms with Crippen LogP contribution in [0, 0.1) is 0 Å². The van der Waals surface area contributed by atoms with Gasteiger partial charge in [0.2, 0.25) is 0 Å². The highest BCUT2D eigenvalue weighted by atomic mass is 16.5. The number of aromatic nitrogens is 3. The summed E-state index contributed by atoms with van der Waals surface area (Å²) in [6.45, 7) is 6.96. The quantitative estimate of drug-likeness (QED) is 0.494. The minimum Gasteiger partial charge on any atom is -0.493 e. The zero-order valence-electron chi connectivity index (χ0n) is 13.8. The average molecular weight is 323 g/mol. The molecule has 2 heterocycles. The van der Waals surface area contributed by atoms with E-state index in [-0.39, 0.29) is 5.56 Å². The number of para-hydroxylation sites is 1. The molecule has 0 amide bonds. The second kappa shape index (κ2) is 7.17. The van der Waals surface area contributed by atoms with Gasteiger partial charge < -0.3 is 9.30 Å². The number of hydrogen-bond donors (Lipinski definition) is 0. The molecule has 0 saturated heterocycles. The van der Waals surface area contributed by atoms with Gasteiger partial charge in [-0.25, -0.2) is 4.52 Å². The third kappa shape index (κ3) is 3.11. The van der Waals surface area contributed by atoms with E-state index in [4.69, 9.17) is 4.74 Å². The largest absolute Gasteiger partial charge is 0.493 e. The summed E-state index contributed by atoms with van der Waals surface area (Å²) in [6.07, 6.45) is 7.29. The zero-order chi connectivity index (χ0) is 16.9. The van der Waals surface area contributed by atoms with Gasteiger partial charge in [0.15, 0.2) is 0 Å². The Morgan fingerprint density at radius 3 is 2.92 bits per heavy atom. The average Bonchev–Trinajstić information content (AvgIpc) is 3.03. The Morgan fingerprint density at radius 2 is 2.12 bits per heavy atom. The lowest BCUT2D eigenvalue weighted by Crippen LogP contribution is -2.20. The molecule has 5 heteroatoms. The van der Waals surface area contributed by atoms with Crippen LogP contribution in [-0.4, -0.2) is 20.8 Å². The molecule has 124 valence electrons. The first-order valence-electron chi connectivity index (χ1n) is 8.16. The Labute approximate surface area is 140 Å². The summed E-state index contributed by atoms with van der Waals surface area (Å²) >= 11 is 0. The van der Waals surface area contributed by atoms with E-state index in [1.54, 1.807) is 27.6 Å². The highest BCUT2D eigenvalue weighted by molar-refractivity contribution is 5.71. The van der Waals surface area contributed by atoms with Gasteiger partial charge in [-0.15, -0.1) is 6.58 Å². The van der Waals surface area contributed by atoms with Gasteiger partial charge in [0, 0.05) is 24.5 Å². The Morgan fingerprint density at radius 1 is 1.29 bits per heavy atom. The molecule has 0 N–H and O–H groups in total. The molecule has 5 nitrogen and oxygen atoms in total. The van der Waals surface area contributed by atoms with Gasteiger partial charge in [0.1, 0.15) is 11.3 Å². The van der Waals surface area contributed by atoms with Crippen molar-refractivity contribution in [2.24, 2.45) is 0 Å². The van der Waals surface area contributed by atoms with Gasteiger partial charge in [-0.05, 0) is 24.6 Å². The summed E-state index contributed by atoms with van der Waals surface area (Å²) in [6, 6.07) is 9.60. The first kappa shape index (κ1) is 16.1. The van der Waals surface area contributed by atoms with Crippen molar-refractivity contribution in [3.63, 3.8) is 0 Å². The number of allylic oxidation sites excluding steroid dienone is 1. The normalized spacial score (nSPS) is 10.9. The Bertz CT molecular complexity index is 908. The molecule has 3 aromatic rings. The molecule has 0 fully saturated rings. The van der Waals surface area contributed by atoms with Crippen LogP contribution in [-0.2, 0) is 6.54 Å². The molecule has 0 radical (unpaired) electrons. The molecule has 0 saturated carbocycles. The molecule has 0 atom stereocenters. The van der Waals surface area contributed by atoms with Crippen molar-refractivity contribution in [3.8, 4) is 17.0 Å². The maximum Gasteiger partial charge on any atom is 0.276 e. The standard InChI is InChI=1S/C19H21N3O2/c1-3-5-13-24-18-9-7-6-8-15(18)16-14-17-19(23)21(10-4-2)11-12-22(17)20-16/h4,6-9,11-12,14H,2-3,5,10,13H2,1H3. The summed E-state index contributed by atoms with van der Waals surface area (Å²) in [5.41, 5.74) is 2.08. The van der Waals surface area contributed by atoms with Crippen molar-refractivity contribution >= 4 is 5.52 Å². The maximum absolute atomic E-state index is 12.5. The van der Waals surface area contributed by atoms with E-state index >= 15 is 0 Å². The van der Waals surface area contributed by atoms with E-state index in [1.807, 2.05) is 30.3 Å². The number of unbranched alkanes of at least 4 members (excludes halogenated alkanes) is 1. The lowest BCUT2D eigenvalue weighted by atomic mass is 10.1. The highest BCUT2D eigenvalue weighted by Gasteiger charge is 2.12. The summed E-state index contributed by atoms with van der Waals surface area (Å²) in [5.74, 6) is 0.792. The topological polar surface area (TPSA) is 48.5 Å². The number of fused-ring (bicyclic) bond motifs is 1. The minimum absolute atomic E-state index is 0.0828.